The van der Waals surface area contributed by atoms with Gasteiger partial charge in [0.05, 0.1) is 30.2 Å². The van der Waals surface area contributed by atoms with Crippen LogP contribution in [0.3, 0.4) is 0 Å². The molecule has 2 aliphatic rings. The number of nitrogens with zero attached hydrogens (tertiary/aromatic N) is 2. The van der Waals surface area contributed by atoms with Gasteiger partial charge in [0.1, 0.15) is 0 Å². The second kappa shape index (κ2) is 18.8. The Kier molecular flexibility index (Phi) is 13.4. The van der Waals surface area contributed by atoms with Gasteiger partial charge in [-0.1, -0.05) is 85.3 Å². The minimum Gasteiger partial charge on any atom is -0.397 e. The van der Waals surface area contributed by atoms with Gasteiger partial charge in [-0.05, 0) is 53.8 Å². The van der Waals surface area contributed by atoms with E-state index in [9.17, 15) is 14.7 Å². The Morgan fingerprint density at radius 3 is 2.13 bits per heavy atom. The first-order valence-electron chi connectivity index (χ1n) is 18.5. The predicted molar refractivity (Wildman–Crippen MR) is 204 cm³/mol. The Bertz CT molecular complexity index is 1730. The summed E-state index contributed by atoms with van der Waals surface area (Å²) in [5, 5.41) is 15.5. The molecule has 3 atom stereocenters. The third kappa shape index (κ3) is 11.0. The van der Waals surface area contributed by atoms with Crippen molar-refractivity contribution in [1.82, 2.24) is 9.80 Å². The number of nitrogens with two attached hydrogens (primary N) is 1. The summed E-state index contributed by atoms with van der Waals surface area (Å²) in [7, 11) is 0. The van der Waals surface area contributed by atoms with E-state index in [0.717, 1.165) is 68.8 Å². The largest absolute Gasteiger partial charge is 0.397 e. The van der Waals surface area contributed by atoms with Crippen molar-refractivity contribution in [2.45, 2.75) is 70.2 Å². The van der Waals surface area contributed by atoms with Gasteiger partial charge in [0.2, 0.25) is 11.8 Å². The second-order valence-corrected chi connectivity index (χ2v) is 13.8. The van der Waals surface area contributed by atoms with E-state index in [4.69, 9.17) is 15.2 Å². The number of unbranched alkanes of at least 4 members (excludes halogenated alkanes) is 2. The first-order chi connectivity index (χ1) is 25.4. The summed E-state index contributed by atoms with van der Waals surface area (Å²) in [4.78, 5) is 30.2. The van der Waals surface area contributed by atoms with Crippen molar-refractivity contribution in [3.8, 4) is 0 Å². The summed E-state index contributed by atoms with van der Waals surface area (Å²) in [6.45, 7) is 5.74. The van der Waals surface area contributed by atoms with E-state index in [1.807, 2.05) is 60.7 Å². The monoisotopic (exact) mass is 705 g/mol. The molecule has 4 aromatic rings. The zero-order valence-electron chi connectivity index (χ0n) is 29.8. The molecule has 5 N–H and O–H groups in total. The molecule has 0 bridgehead atoms. The maximum atomic E-state index is 12.9. The number of rotatable bonds is 15. The van der Waals surface area contributed by atoms with E-state index in [0.29, 0.717) is 42.7 Å². The van der Waals surface area contributed by atoms with Gasteiger partial charge in [-0.15, -0.1) is 0 Å². The predicted octanol–water partition coefficient (Wildman–Crippen LogP) is 6.65. The topological polar surface area (TPSA) is 129 Å². The van der Waals surface area contributed by atoms with Gasteiger partial charge in [0, 0.05) is 69.8 Å². The molecular formula is C42H51N5O5. The van der Waals surface area contributed by atoms with Crippen LogP contribution < -0.4 is 16.4 Å². The van der Waals surface area contributed by atoms with Crippen LogP contribution in [0.5, 0.6) is 0 Å². The lowest BCUT2D eigenvalue weighted by molar-refractivity contribution is -0.253. The van der Waals surface area contributed by atoms with Crippen molar-refractivity contribution in [3.05, 3.63) is 125 Å². The fourth-order valence-electron chi connectivity index (χ4n) is 6.85. The fraction of sp³-hybridized carbons (Fsp3) is 0.381. The van der Waals surface area contributed by atoms with E-state index in [1.165, 1.54) is 5.56 Å². The van der Waals surface area contributed by atoms with Gasteiger partial charge < -0.3 is 30.9 Å². The number of amides is 2. The van der Waals surface area contributed by atoms with Gasteiger partial charge >= 0.3 is 0 Å². The molecule has 2 aliphatic heterocycles. The van der Waals surface area contributed by atoms with E-state index >= 15 is 0 Å². The van der Waals surface area contributed by atoms with Crippen LogP contribution in [0.4, 0.5) is 17.1 Å². The number of para-hydroxylation sites is 2. The number of carbonyl (C=O) groups is 2. The normalized spacial score (nSPS) is 19.6. The lowest BCUT2D eigenvalue weighted by Crippen LogP contribution is -2.49. The van der Waals surface area contributed by atoms with Gasteiger partial charge in [-0.3, -0.25) is 19.4 Å². The molecule has 0 saturated carbocycles. The highest BCUT2D eigenvalue weighted by Crippen LogP contribution is 2.39. The Morgan fingerprint density at radius 1 is 0.712 bits per heavy atom. The van der Waals surface area contributed by atoms with Gasteiger partial charge in [0.15, 0.2) is 6.29 Å². The fourth-order valence-corrected chi connectivity index (χ4v) is 6.85. The number of ether oxygens (including phenoxy) is 2. The number of carbonyl (C=O) groups excluding carboxylic acids is 2. The highest BCUT2D eigenvalue weighted by atomic mass is 16.7. The van der Waals surface area contributed by atoms with Crippen LogP contribution >= 0.6 is 0 Å². The van der Waals surface area contributed by atoms with Gasteiger partial charge in [-0.2, -0.15) is 0 Å². The third-order valence-corrected chi connectivity index (χ3v) is 9.78. The van der Waals surface area contributed by atoms with E-state index in [1.54, 1.807) is 12.1 Å². The molecule has 2 fully saturated rings. The summed E-state index contributed by atoms with van der Waals surface area (Å²) >= 11 is 0. The lowest BCUT2D eigenvalue weighted by Gasteiger charge is -2.41. The summed E-state index contributed by atoms with van der Waals surface area (Å²) in [6, 6.07) is 33.5. The van der Waals surface area contributed by atoms with Crippen molar-refractivity contribution < 1.29 is 24.2 Å². The molecule has 52 heavy (non-hydrogen) atoms. The van der Waals surface area contributed by atoms with E-state index < -0.39 is 6.29 Å². The van der Waals surface area contributed by atoms with Crippen LogP contribution in [-0.4, -0.2) is 65.5 Å². The summed E-state index contributed by atoms with van der Waals surface area (Å²) in [5.41, 5.74) is 11.9. The average Bonchev–Trinajstić information content (AvgIpc) is 3.17. The molecule has 274 valence electrons. The van der Waals surface area contributed by atoms with E-state index in [-0.39, 0.29) is 30.6 Å². The first kappa shape index (κ1) is 37.2. The number of hydrogen-bond donors (Lipinski definition) is 4. The Hall–Kier alpha value is -4.58. The second-order valence-electron chi connectivity index (χ2n) is 13.8. The Morgan fingerprint density at radius 2 is 1.40 bits per heavy atom. The maximum Gasteiger partial charge on any atom is 0.224 e. The standard InChI is InChI=1S/C42H51N5O5/c43-37-14-7-8-15-38(37)45-41(50)17-6-2-5-16-40(49)44-35-13-9-12-34(26-35)42-51-36(27-39(52-42)33-20-18-32(30-48)19-21-33)29-47-24-22-46(23-25-47)28-31-10-3-1-4-11-31/h1,3-4,7-15,18-21,26,36,39,42,48H,2,5-6,16-17,22-25,27-30,43H2,(H,44,49)(H,45,50)/t36-,39+,42+/m1/s1. The first-order valence-corrected chi connectivity index (χ1v) is 18.5. The molecule has 6 rings (SSSR count). The molecule has 0 aliphatic carbocycles. The summed E-state index contributed by atoms with van der Waals surface area (Å²) in [5.74, 6) is -0.158. The van der Waals surface area contributed by atoms with Crippen molar-refractivity contribution in [3.63, 3.8) is 0 Å². The molecule has 0 spiro atoms. The Balaban J connectivity index is 1.01. The highest BCUT2D eigenvalue weighted by Gasteiger charge is 2.34. The minimum atomic E-state index is -0.602. The van der Waals surface area contributed by atoms with Gasteiger partial charge in [-0.25, -0.2) is 0 Å². The van der Waals surface area contributed by atoms with Crippen LogP contribution in [-0.2, 0) is 32.2 Å². The molecule has 2 saturated heterocycles. The molecule has 0 unspecified atom stereocenters. The summed E-state index contributed by atoms with van der Waals surface area (Å²) in [6.07, 6.45) is 2.75. The highest BCUT2D eigenvalue weighted by molar-refractivity contribution is 5.93. The number of nitrogens with one attached hydrogen (secondary N) is 2. The van der Waals surface area contributed by atoms with Crippen LogP contribution in [0.1, 0.15) is 73.2 Å². The number of piperazine rings is 1. The number of aliphatic hydroxyl groups is 1. The minimum absolute atomic E-state index is 0.00321. The van der Waals surface area contributed by atoms with Gasteiger partial charge in [0.25, 0.3) is 0 Å². The van der Waals surface area contributed by atoms with Crippen molar-refractivity contribution in [2.75, 3.05) is 49.1 Å². The number of benzene rings is 4. The molecule has 2 amide bonds. The third-order valence-electron chi connectivity index (χ3n) is 9.78. The molecule has 2 heterocycles. The quantitative estimate of drug-likeness (QED) is 0.0800. The van der Waals surface area contributed by atoms with E-state index in [2.05, 4.69) is 50.8 Å². The average molecular weight is 706 g/mol. The smallest absolute Gasteiger partial charge is 0.224 e. The zero-order valence-corrected chi connectivity index (χ0v) is 29.8. The van der Waals surface area contributed by atoms with Crippen molar-refractivity contribution >= 4 is 28.9 Å². The number of nitrogen functional groups attached to an aromatic ring is 1. The SMILES string of the molecule is Nc1ccccc1NC(=O)CCCCCC(=O)Nc1cccc([C@H]2O[C@@H](CN3CCN(Cc4ccccc4)CC3)C[C@@H](c3ccc(CO)cc3)O2)c1. The van der Waals surface area contributed by atoms with Crippen LogP contribution in [0.2, 0.25) is 0 Å². The summed E-state index contributed by atoms with van der Waals surface area (Å²) < 4.78 is 13.2. The van der Waals surface area contributed by atoms with Crippen LogP contribution in [0.25, 0.3) is 0 Å². The molecular weight excluding hydrogens is 654 g/mol. The number of aliphatic hydroxyl groups excluding tert-OH is 1. The Labute approximate surface area is 306 Å². The number of anilines is 3. The lowest BCUT2D eigenvalue weighted by atomic mass is 9.99. The zero-order chi connectivity index (χ0) is 36.1. The van der Waals surface area contributed by atoms with Crippen molar-refractivity contribution in [1.29, 1.82) is 0 Å². The van der Waals surface area contributed by atoms with Crippen molar-refractivity contribution in [2.24, 2.45) is 0 Å². The maximum absolute atomic E-state index is 12.9. The molecule has 0 aromatic heterocycles. The molecule has 4 aromatic carbocycles. The van der Waals surface area contributed by atoms with Crippen LogP contribution in [0, 0.1) is 0 Å². The van der Waals surface area contributed by atoms with Crippen LogP contribution in [0.15, 0.2) is 103 Å². The molecule has 0 radical (unpaired) electrons. The number of hydrogen-bond acceptors (Lipinski definition) is 8. The molecule has 10 nitrogen and oxygen atoms in total. The molecule has 10 heteroatoms.